The van der Waals surface area contributed by atoms with Gasteiger partial charge in [0.2, 0.25) is 10.0 Å². The molecule has 1 N–H and O–H groups in total. The summed E-state index contributed by atoms with van der Waals surface area (Å²) in [4.78, 5) is 15.1. The molecular formula is C28H33N3O3S2. The monoisotopic (exact) mass is 523 g/mol. The summed E-state index contributed by atoms with van der Waals surface area (Å²) in [6.07, 6.45) is 0. The SMILES string of the molecule is Cc1ccc(CSCCNC(=O)c2ccc(CN3CCN(S(=O)(=O)c4ccccc4)CC3)cc2)cc1. The molecule has 36 heavy (non-hydrogen) atoms. The Morgan fingerprint density at radius 2 is 1.50 bits per heavy atom. The van der Waals surface area contributed by atoms with Crippen LogP contribution >= 0.6 is 11.8 Å². The van der Waals surface area contributed by atoms with Crippen molar-refractivity contribution in [1.29, 1.82) is 0 Å². The first kappa shape index (κ1) is 26.4. The van der Waals surface area contributed by atoms with Crippen LogP contribution in [0.2, 0.25) is 0 Å². The van der Waals surface area contributed by atoms with E-state index in [0.29, 0.717) is 43.2 Å². The van der Waals surface area contributed by atoms with Crippen molar-refractivity contribution < 1.29 is 13.2 Å². The van der Waals surface area contributed by atoms with E-state index in [2.05, 4.69) is 41.4 Å². The van der Waals surface area contributed by atoms with Gasteiger partial charge >= 0.3 is 0 Å². The highest BCUT2D eigenvalue weighted by atomic mass is 32.2. The normalized spacial score (nSPS) is 15.0. The molecule has 190 valence electrons. The van der Waals surface area contributed by atoms with Crippen LogP contribution in [-0.2, 0) is 22.3 Å². The highest BCUT2D eigenvalue weighted by Gasteiger charge is 2.28. The number of nitrogens with zero attached hydrogens (tertiary/aromatic N) is 2. The first-order valence-corrected chi connectivity index (χ1v) is 14.8. The minimum absolute atomic E-state index is 0.0581. The minimum atomic E-state index is -3.44. The number of sulfonamides is 1. The Hall–Kier alpha value is -2.65. The van der Waals surface area contributed by atoms with E-state index in [1.54, 1.807) is 28.6 Å². The average molecular weight is 524 g/mol. The summed E-state index contributed by atoms with van der Waals surface area (Å²) in [5, 5.41) is 3.00. The molecule has 1 amide bonds. The van der Waals surface area contributed by atoms with Crippen LogP contribution in [0.15, 0.2) is 83.8 Å². The van der Waals surface area contributed by atoms with E-state index >= 15 is 0 Å². The summed E-state index contributed by atoms with van der Waals surface area (Å²) in [5.74, 6) is 1.75. The van der Waals surface area contributed by atoms with Crippen LogP contribution in [0.3, 0.4) is 0 Å². The molecule has 1 aliphatic rings. The summed E-state index contributed by atoms with van der Waals surface area (Å²) in [7, 11) is -3.44. The predicted octanol–water partition coefficient (Wildman–Crippen LogP) is 4.16. The van der Waals surface area contributed by atoms with Crippen LogP contribution in [0.25, 0.3) is 0 Å². The molecule has 0 bridgehead atoms. The topological polar surface area (TPSA) is 69.7 Å². The standard InChI is InChI=1S/C28H33N3O3S2/c1-23-7-9-25(10-8-23)22-35-20-15-29-28(32)26-13-11-24(12-14-26)21-30-16-18-31(19-17-30)36(33,34)27-5-3-2-4-6-27/h2-14H,15-22H2,1H3,(H,29,32). The molecule has 0 aromatic heterocycles. The molecule has 8 heteroatoms. The lowest BCUT2D eigenvalue weighted by atomic mass is 10.1. The second-order valence-electron chi connectivity index (χ2n) is 8.98. The molecule has 1 fully saturated rings. The van der Waals surface area contributed by atoms with Crippen molar-refractivity contribution in [2.75, 3.05) is 38.5 Å². The van der Waals surface area contributed by atoms with Crippen molar-refractivity contribution in [1.82, 2.24) is 14.5 Å². The van der Waals surface area contributed by atoms with Crippen molar-refractivity contribution in [3.8, 4) is 0 Å². The number of hydrogen-bond donors (Lipinski definition) is 1. The highest BCUT2D eigenvalue weighted by molar-refractivity contribution is 7.98. The summed E-state index contributed by atoms with van der Waals surface area (Å²) >= 11 is 1.81. The smallest absolute Gasteiger partial charge is 0.251 e. The lowest BCUT2D eigenvalue weighted by molar-refractivity contribution is 0.0956. The van der Waals surface area contributed by atoms with Crippen LogP contribution in [-0.4, -0.2) is 62.0 Å². The Bertz CT molecular complexity index is 1220. The molecule has 1 aliphatic heterocycles. The third-order valence-electron chi connectivity index (χ3n) is 6.26. The quantitative estimate of drug-likeness (QED) is 0.404. The fourth-order valence-corrected chi connectivity index (χ4v) is 6.36. The van der Waals surface area contributed by atoms with Gasteiger partial charge in [-0.2, -0.15) is 16.1 Å². The summed E-state index contributed by atoms with van der Waals surface area (Å²) in [6, 6.07) is 24.8. The first-order chi connectivity index (χ1) is 17.4. The number of amides is 1. The van der Waals surface area contributed by atoms with Gasteiger partial charge in [0.15, 0.2) is 0 Å². The van der Waals surface area contributed by atoms with Crippen molar-refractivity contribution >= 4 is 27.7 Å². The number of benzene rings is 3. The van der Waals surface area contributed by atoms with Crippen molar-refractivity contribution in [2.45, 2.75) is 24.1 Å². The molecule has 4 rings (SSSR count). The number of carbonyl (C=O) groups excluding carboxylic acids is 1. The van der Waals surface area contributed by atoms with Crippen molar-refractivity contribution in [2.24, 2.45) is 0 Å². The molecule has 0 radical (unpaired) electrons. The molecule has 0 unspecified atom stereocenters. The van der Waals surface area contributed by atoms with Crippen molar-refractivity contribution in [3.05, 3.63) is 101 Å². The zero-order valence-corrected chi connectivity index (χ0v) is 22.2. The van der Waals surface area contributed by atoms with Crippen LogP contribution in [0.1, 0.15) is 27.0 Å². The third-order valence-corrected chi connectivity index (χ3v) is 9.20. The van der Waals surface area contributed by atoms with Gasteiger partial charge in [0.1, 0.15) is 0 Å². The molecule has 3 aromatic rings. The van der Waals surface area contributed by atoms with Crippen molar-refractivity contribution in [3.63, 3.8) is 0 Å². The number of carbonyl (C=O) groups is 1. The molecule has 1 saturated heterocycles. The minimum Gasteiger partial charge on any atom is -0.351 e. The number of thioether (sulfide) groups is 1. The van der Waals surface area contributed by atoms with Gasteiger partial charge in [0.25, 0.3) is 5.91 Å². The van der Waals surface area contributed by atoms with Crippen LogP contribution in [0.5, 0.6) is 0 Å². The summed E-state index contributed by atoms with van der Waals surface area (Å²) in [5.41, 5.74) is 4.33. The van der Waals surface area contributed by atoms with E-state index in [9.17, 15) is 13.2 Å². The van der Waals surface area contributed by atoms with Crippen LogP contribution < -0.4 is 5.32 Å². The third kappa shape index (κ3) is 7.20. The van der Waals surface area contributed by atoms with E-state index in [1.165, 1.54) is 11.1 Å². The molecule has 3 aromatic carbocycles. The lowest BCUT2D eigenvalue weighted by Gasteiger charge is -2.34. The fourth-order valence-electron chi connectivity index (χ4n) is 4.10. The van der Waals surface area contributed by atoms with Gasteiger partial charge in [0, 0.05) is 56.3 Å². The van der Waals surface area contributed by atoms with Gasteiger partial charge in [0.05, 0.1) is 4.90 Å². The predicted molar refractivity (Wildman–Crippen MR) is 147 cm³/mol. The lowest BCUT2D eigenvalue weighted by Crippen LogP contribution is -2.48. The second kappa shape index (κ2) is 12.5. The molecule has 1 heterocycles. The van der Waals surface area contributed by atoms with Gasteiger partial charge in [-0.25, -0.2) is 8.42 Å². The zero-order valence-electron chi connectivity index (χ0n) is 20.6. The Labute approximate surface area is 218 Å². The number of piperazine rings is 1. The van der Waals surface area contributed by atoms with E-state index in [4.69, 9.17) is 0 Å². The molecule has 0 saturated carbocycles. The van der Waals surface area contributed by atoms with Crippen LogP contribution in [0.4, 0.5) is 0 Å². The second-order valence-corrected chi connectivity index (χ2v) is 12.0. The number of hydrogen-bond acceptors (Lipinski definition) is 5. The van der Waals surface area contributed by atoms with E-state index in [-0.39, 0.29) is 5.91 Å². The van der Waals surface area contributed by atoms with E-state index < -0.39 is 10.0 Å². The first-order valence-electron chi connectivity index (χ1n) is 12.2. The maximum Gasteiger partial charge on any atom is 0.251 e. The summed E-state index contributed by atoms with van der Waals surface area (Å²) < 4.78 is 27.2. The summed E-state index contributed by atoms with van der Waals surface area (Å²) in [6.45, 7) is 5.74. The van der Waals surface area contributed by atoms with Crippen LogP contribution in [0, 0.1) is 6.92 Å². The largest absolute Gasteiger partial charge is 0.351 e. The Morgan fingerprint density at radius 3 is 2.17 bits per heavy atom. The average Bonchev–Trinajstić information content (AvgIpc) is 2.91. The fraction of sp³-hybridized carbons (Fsp3) is 0.321. The highest BCUT2D eigenvalue weighted by Crippen LogP contribution is 2.18. The zero-order chi connectivity index (χ0) is 25.4. The number of aryl methyl sites for hydroxylation is 1. The Morgan fingerprint density at radius 1 is 0.861 bits per heavy atom. The van der Waals surface area contributed by atoms with E-state index in [1.807, 2.05) is 42.1 Å². The Kier molecular flexibility index (Phi) is 9.20. The number of rotatable bonds is 10. The molecule has 0 atom stereocenters. The maximum atomic E-state index is 12.8. The van der Waals surface area contributed by atoms with Gasteiger partial charge in [-0.3, -0.25) is 9.69 Å². The van der Waals surface area contributed by atoms with Gasteiger partial charge in [-0.15, -0.1) is 0 Å². The molecule has 6 nitrogen and oxygen atoms in total. The molecule has 0 spiro atoms. The van der Waals surface area contributed by atoms with Gasteiger partial charge in [-0.05, 0) is 42.3 Å². The Balaban J connectivity index is 1.18. The molecule has 0 aliphatic carbocycles. The maximum absolute atomic E-state index is 12.8. The van der Waals surface area contributed by atoms with E-state index in [0.717, 1.165) is 23.6 Å². The number of nitrogens with one attached hydrogen (secondary N) is 1. The van der Waals surface area contributed by atoms with Gasteiger partial charge < -0.3 is 5.32 Å². The molecular weight excluding hydrogens is 490 g/mol. The van der Waals surface area contributed by atoms with Gasteiger partial charge in [-0.1, -0.05) is 60.2 Å².